The second-order valence-electron chi connectivity index (χ2n) is 13.7. The van der Waals surface area contributed by atoms with Gasteiger partial charge in [0.1, 0.15) is 11.6 Å². The van der Waals surface area contributed by atoms with Gasteiger partial charge in [0.25, 0.3) is 5.91 Å². The molecule has 2 aliphatic heterocycles. The van der Waals surface area contributed by atoms with Crippen LogP contribution >= 0.6 is 0 Å². The molecule has 2 atom stereocenters. The van der Waals surface area contributed by atoms with Gasteiger partial charge >= 0.3 is 6.03 Å². The summed E-state index contributed by atoms with van der Waals surface area (Å²) in [6.07, 6.45) is 5.10. The molecular formula is C36H43N5O3. The Labute approximate surface area is 259 Å². The van der Waals surface area contributed by atoms with Gasteiger partial charge in [0, 0.05) is 29.3 Å². The highest BCUT2D eigenvalue weighted by atomic mass is 16.4. The summed E-state index contributed by atoms with van der Waals surface area (Å²) in [7, 11) is 0. The number of rotatable bonds is 6. The predicted octanol–water partition coefficient (Wildman–Crippen LogP) is 7.96. The molecular weight excluding hydrogens is 550 g/mol. The Morgan fingerprint density at radius 2 is 1.57 bits per heavy atom. The van der Waals surface area contributed by atoms with Crippen molar-refractivity contribution in [2.24, 2.45) is 5.92 Å². The number of fused-ring (bicyclic) bond motifs is 2. The number of urea groups is 1. The summed E-state index contributed by atoms with van der Waals surface area (Å²) in [5.74, 6) is 2.46. The first-order valence-corrected chi connectivity index (χ1v) is 15.7. The number of nitrogens with zero attached hydrogens (tertiary/aromatic N) is 3. The molecule has 0 saturated carbocycles. The van der Waals surface area contributed by atoms with Crippen LogP contribution in [0.15, 0.2) is 65.1 Å². The van der Waals surface area contributed by atoms with E-state index < -0.39 is 0 Å². The molecule has 4 heterocycles. The SMILES string of the molecule is Cc1ccc(-n2nc(C(C)(C)C)cc2NC(=O)Nc2ccc(CC3CC4CCC(C3)N4C(=O)c3cc(C)c(C)o3)cc2)cc1. The largest absolute Gasteiger partial charge is 0.456 e. The lowest BCUT2D eigenvalue weighted by Gasteiger charge is -2.38. The number of carbonyl (C=O) groups excluding carboxylic acids is 2. The number of aryl methyl sites for hydroxylation is 3. The molecule has 2 aromatic carbocycles. The van der Waals surface area contributed by atoms with E-state index >= 15 is 0 Å². The Kier molecular flexibility index (Phi) is 7.86. The van der Waals surface area contributed by atoms with Gasteiger partial charge in [-0.25, -0.2) is 9.48 Å². The van der Waals surface area contributed by atoms with Crippen molar-refractivity contribution in [3.63, 3.8) is 0 Å². The van der Waals surface area contributed by atoms with E-state index in [1.54, 1.807) is 4.68 Å². The maximum Gasteiger partial charge on any atom is 0.324 e. The zero-order valence-electron chi connectivity index (χ0n) is 26.6. The molecule has 0 aliphatic carbocycles. The molecule has 8 heteroatoms. The van der Waals surface area contributed by atoms with E-state index in [4.69, 9.17) is 9.52 Å². The molecule has 0 spiro atoms. The predicted molar refractivity (Wildman–Crippen MR) is 174 cm³/mol. The highest BCUT2D eigenvalue weighted by Crippen LogP contribution is 2.41. The molecule has 2 N–H and O–H groups in total. The minimum absolute atomic E-state index is 0.0393. The maximum absolute atomic E-state index is 13.3. The molecule has 0 radical (unpaired) electrons. The van der Waals surface area contributed by atoms with E-state index in [0.29, 0.717) is 17.5 Å². The second-order valence-corrected chi connectivity index (χ2v) is 13.7. The number of carbonyl (C=O) groups is 2. The third-order valence-electron chi connectivity index (χ3n) is 9.18. The van der Waals surface area contributed by atoms with E-state index in [9.17, 15) is 9.59 Å². The van der Waals surface area contributed by atoms with Gasteiger partial charge in [-0.05, 0) is 100 Å². The number of aromatic nitrogens is 2. The van der Waals surface area contributed by atoms with Crippen LogP contribution in [-0.4, -0.2) is 38.7 Å². The van der Waals surface area contributed by atoms with Crippen LogP contribution in [0.3, 0.4) is 0 Å². The molecule has 2 aromatic heterocycles. The molecule has 6 rings (SSSR count). The molecule has 4 aromatic rings. The van der Waals surface area contributed by atoms with Gasteiger partial charge in [-0.2, -0.15) is 5.10 Å². The highest BCUT2D eigenvalue weighted by Gasteiger charge is 2.44. The first kappa shape index (κ1) is 29.7. The van der Waals surface area contributed by atoms with Crippen molar-refractivity contribution in [3.05, 3.63) is 94.6 Å². The quantitative estimate of drug-likeness (QED) is 0.237. The van der Waals surface area contributed by atoms with Crippen molar-refractivity contribution in [2.45, 2.75) is 91.1 Å². The molecule has 44 heavy (non-hydrogen) atoms. The summed E-state index contributed by atoms with van der Waals surface area (Å²) >= 11 is 0. The van der Waals surface area contributed by atoms with Crippen LogP contribution in [0.25, 0.3) is 5.69 Å². The fourth-order valence-electron chi connectivity index (χ4n) is 6.65. The first-order chi connectivity index (χ1) is 20.9. The summed E-state index contributed by atoms with van der Waals surface area (Å²) in [5.41, 5.74) is 5.78. The molecule has 230 valence electrons. The van der Waals surface area contributed by atoms with Crippen molar-refractivity contribution in [2.75, 3.05) is 10.6 Å². The average Bonchev–Trinajstić information content (AvgIpc) is 3.63. The fourth-order valence-corrected chi connectivity index (χ4v) is 6.65. The average molecular weight is 594 g/mol. The molecule has 3 amide bonds. The van der Waals surface area contributed by atoms with Gasteiger partial charge in [-0.15, -0.1) is 0 Å². The summed E-state index contributed by atoms with van der Waals surface area (Å²) < 4.78 is 7.55. The van der Waals surface area contributed by atoms with Crippen molar-refractivity contribution in [1.82, 2.24) is 14.7 Å². The molecule has 2 aliphatic rings. The van der Waals surface area contributed by atoms with Crippen molar-refractivity contribution < 1.29 is 14.0 Å². The first-order valence-electron chi connectivity index (χ1n) is 15.7. The molecule has 2 bridgehead atoms. The van der Waals surface area contributed by atoms with Crippen molar-refractivity contribution in [1.29, 1.82) is 0 Å². The van der Waals surface area contributed by atoms with Crippen LogP contribution in [0.5, 0.6) is 0 Å². The lowest BCUT2D eigenvalue weighted by Crippen LogP contribution is -2.46. The van der Waals surface area contributed by atoms with E-state index in [2.05, 4.69) is 48.4 Å². The van der Waals surface area contributed by atoms with Crippen LogP contribution in [0.2, 0.25) is 0 Å². The third-order valence-corrected chi connectivity index (χ3v) is 9.18. The summed E-state index contributed by atoms with van der Waals surface area (Å²) in [5, 5.41) is 10.8. The Bertz CT molecular complexity index is 1630. The van der Waals surface area contributed by atoms with Crippen LogP contribution in [-0.2, 0) is 11.8 Å². The van der Waals surface area contributed by atoms with E-state index in [1.165, 1.54) is 5.56 Å². The Morgan fingerprint density at radius 1 is 0.909 bits per heavy atom. The number of benzene rings is 2. The van der Waals surface area contributed by atoms with Gasteiger partial charge in [-0.3, -0.25) is 10.1 Å². The molecule has 2 saturated heterocycles. The van der Waals surface area contributed by atoms with Crippen molar-refractivity contribution in [3.8, 4) is 5.69 Å². The summed E-state index contributed by atoms with van der Waals surface area (Å²) in [6, 6.07) is 20.2. The highest BCUT2D eigenvalue weighted by molar-refractivity contribution is 5.99. The molecule has 8 nitrogen and oxygen atoms in total. The van der Waals surface area contributed by atoms with Gasteiger partial charge in [0.2, 0.25) is 0 Å². The number of amides is 3. The zero-order chi connectivity index (χ0) is 31.2. The topological polar surface area (TPSA) is 92.4 Å². The smallest absolute Gasteiger partial charge is 0.324 e. The molecule has 2 fully saturated rings. The molecule has 2 unspecified atom stereocenters. The van der Waals surface area contributed by atoms with E-state index in [0.717, 1.165) is 66.1 Å². The lowest BCUT2D eigenvalue weighted by molar-refractivity contribution is 0.0491. The number of piperidine rings is 1. The van der Waals surface area contributed by atoms with Gasteiger partial charge in [0.05, 0.1) is 11.4 Å². The standard InChI is InChI=1S/C36H43N5O3/c1-22-7-13-28(14-8-22)41-33(21-32(39-41)36(4,5)6)38-35(43)37-27-11-9-25(10-12-27)18-26-19-29-15-16-30(20-26)40(29)34(42)31-17-23(2)24(3)44-31/h7-14,17,21,26,29-30H,15-16,18-20H2,1-6H3,(H2,37,38,43). The zero-order valence-corrected chi connectivity index (χ0v) is 26.6. The maximum atomic E-state index is 13.3. The number of furan rings is 1. The summed E-state index contributed by atoms with van der Waals surface area (Å²) in [4.78, 5) is 28.4. The number of hydrogen-bond acceptors (Lipinski definition) is 4. The number of anilines is 2. The Balaban J connectivity index is 1.07. The minimum Gasteiger partial charge on any atom is -0.456 e. The fraction of sp³-hybridized carbons (Fsp3) is 0.417. The number of nitrogens with one attached hydrogen (secondary N) is 2. The van der Waals surface area contributed by atoms with Crippen molar-refractivity contribution >= 4 is 23.4 Å². The van der Waals surface area contributed by atoms with Crippen LogP contribution in [0, 0.1) is 26.7 Å². The lowest BCUT2D eigenvalue weighted by atomic mass is 9.85. The van der Waals surface area contributed by atoms with Gasteiger partial charge < -0.3 is 14.6 Å². The number of hydrogen-bond donors (Lipinski definition) is 2. The van der Waals surface area contributed by atoms with Gasteiger partial charge in [0.15, 0.2) is 5.76 Å². The van der Waals surface area contributed by atoms with Crippen LogP contribution < -0.4 is 10.6 Å². The Hall–Kier alpha value is -4.33. The van der Waals surface area contributed by atoms with Crippen LogP contribution in [0.4, 0.5) is 16.3 Å². The minimum atomic E-state index is -0.318. The normalized spacial score (nSPS) is 19.7. The summed E-state index contributed by atoms with van der Waals surface area (Å²) in [6.45, 7) is 12.3. The third kappa shape index (κ3) is 6.16. The Morgan fingerprint density at radius 3 is 2.16 bits per heavy atom. The van der Waals surface area contributed by atoms with Crippen LogP contribution in [0.1, 0.15) is 85.2 Å². The van der Waals surface area contributed by atoms with E-state index in [1.807, 2.05) is 69.3 Å². The van der Waals surface area contributed by atoms with Gasteiger partial charge in [-0.1, -0.05) is 50.6 Å². The monoisotopic (exact) mass is 593 g/mol. The van der Waals surface area contributed by atoms with E-state index in [-0.39, 0.29) is 29.4 Å². The second kappa shape index (κ2) is 11.6.